The van der Waals surface area contributed by atoms with Crippen LogP contribution in [0.2, 0.25) is 0 Å². The molecule has 172 valence electrons. The monoisotopic (exact) mass is 461 g/mol. The highest BCUT2D eigenvalue weighted by Crippen LogP contribution is 2.33. The predicted octanol–water partition coefficient (Wildman–Crippen LogP) is 4.58. The maximum absolute atomic E-state index is 15.8. The average Bonchev–Trinajstić information content (AvgIpc) is 3.57. The summed E-state index contributed by atoms with van der Waals surface area (Å²) in [6.07, 6.45) is 10.3. The quantitative estimate of drug-likeness (QED) is 0.414. The second-order valence-electron chi connectivity index (χ2n) is 7.88. The van der Waals surface area contributed by atoms with Crippen molar-refractivity contribution in [2.24, 2.45) is 0 Å². The Kier molecular flexibility index (Phi) is 5.53. The predicted molar refractivity (Wildman–Crippen MR) is 128 cm³/mol. The molecule has 1 aromatic carbocycles. The molecule has 0 radical (unpaired) electrons. The van der Waals surface area contributed by atoms with E-state index < -0.39 is 12.9 Å². The minimum atomic E-state index is -4.10. The molecule has 0 bridgehead atoms. The van der Waals surface area contributed by atoms with Crippen LogP contribution >= 0.6 is 0 Å². The van der Waals surface area contributed by atoms with E-state index in [4.69, 9.17) is 9.47 Å². The lowest BCUT2D eigenvalue weighted by molar-refractivity contribution is -0.360. The van der Waals surface area contributed by atoms with Crippen molar-refractivity contribution >= 4 is 36.9 Å². The zero-order valence-electron chi connectivity index (χ0n) is 18.4. The van der Waals surface area contributed by atoms with E-state index in [0.717, 1.165) is 14.5 Å². The van der Waals surface area contributed by atoms with Gasteiger partial charge in [0.1, 0.15) is 11.4 Å². The first-order valence-electron chi connectivity index (χ1n) is 11.0. The lowest BCUT2D eigenvalue weighted by Crippen LogP contribution is -2.50. The zero-order chi connectivity index (χ0) is 23.7. The normalized spacial score (nSPS) is 15.9. The Morgan fingerprint density at radius 2 is 1.94 bits per heavy atom. The van der Waals surface area contributed by atoms with Crippen LogP contribution in [0.25, 0.3) is 18.2 Å². The van der Waals surface area contributed by atoms with Crippen molar-refractivity contribution in [3.8, 4) is 5.75 Å². The highest BCUT2D eigenvalue weighted by Gasteiger charge is 2.52. The van der Waals surface area contributed by atoms with Crippen LogP contribution in [0.15, 0.2) is 72.6 Å². The number of hydrogen-bond acceptors (Lipinski definition) is 3. The van der Waals surface area contributed by atoms with Gasteiger partial charge in [0.2, 0.25) is 0 Å². The van der Waals surface area contributed by atoms with Crippen molar-refractivity contribution in [3.63, 3.8) is 0 Å². The number of nitrogens with one attached hydrogen (secondary N) is 1. The fourth-order valence-corrected chi connectivity index (χ4v) is 4.20. The number of allylic oxidation sites excluding steroid dienone is 2. The van der Waals surface area contributed by atoms with E-state index >= 15 is 8.63 Å². The van der Waals surface area contributed by atoms with Gasteiger partial charge in [0.15, 0.2) is 18.0 Å². The zero-order valence-corrected chi connectivity index (χ0v) is 18.4. The van der Waals surface area contributed by atoms with Gasteiger partial charge < -0.3 is 32.1 Å². The van der Waals surface area contributed by atoms with Crippen LogP contribution in [-0.2, 0) is 9.53 Å². The van der Waals surface area contributed by atoms with E-state index in [1.54, 1.807) is 92.0 Å². The largest absolute Gasteiger partial charge is 0.737 e. The maximum Gasteiger partial charge on any atom is 0.737 e. The summed E-state index contributed by atoms with van der Waals surface area (Å²) >= 11 is 0. The van der Waals surface area contributed by atoms with Crippen LogP contribution in [-0.4, -0.2) is 45.8 Å². The number of esters is 1. The van der Waals surface area contributed by atoms with Crippen LogP contribution in [0.5, 0.6) is 5.75 Å². The summed E-state index contributed by atoms with van der Waals surface area (Å²) in [6.45, 7) is -2.24. The Morgan fingerprint density at radius 1 is 1.12 bits per heavy atom. The molecule has 2 aliphatic rings. The molecule has 0 saturated carbocycles. The van der Waals surface area contributed by atoms with E-state index in [2.05, 4.69) is 4.98 Å². The Bertz CT molecular complexity index is 1350. The van der Waals surface area contributed by atoms with E-state index in [9.17, 15) is 4.79 Å². The summed E-state index contributed by atoms with van der Waals surface area (Å²) in [4.78, 5) is 14.4. The molecule has 2 aliphatic heterocycles. The van der Waals surface area contributed by atoms with Crippen LogP contribution in [0, 0.1) is 0 Å². The van der Waals surface area contributed by atoms with Gasteiger partial charge in [-0.2, -0.15) is 0 Å². The smallest absolute Gasteiger partial charge is 0.482 e. The first kappa shape index (κ1) is 21.7. The number of carbonyl (C=O) groups is 1. The molecule has 2 aromatic heterocycles. The molecule has 3 aromatic rings. The molecule has 5 rings (SSSR count). The van der Waals surface area contributed by atoms with Crippen LogP contribution in [0.1, 0.15) is 29.6 Å². The Balaban J connectivity index is 1.39. The fraction of sp³-hybridized carbons (Fsp3) is 0.120. The third-order valence-electron chi connectivity index (χ3n) is 5.71. The number of H-pyrrole nitrogens is 1. The van der Waals surface area contributed by atoms with Gasteiger partial charge in [0, 0.05) is 35.8 Å². The second-order valence-corrected chi connectivity index (χ2v) is 7.88. The summed E-state index contributed by atoms with van der Waals surface area (Å²) < 4.78 is 44.0. The fourth-order valence-electron chi connectivity index (χ4n) is 4.20. The molecule has 0 aliphatic carbocycles. The Labute approximate surface area is 195 Å². The van der Waals surface area contributed by atoms with Gasteiger partial charge in [-0.1, -0.05) is 18.2 Å². The maximum atomic E-state index is 15.8. The molecule has 4 heterocycles. The molecular formula is C25H22BF2N3O3. The van der Waals surface area contributed by atoms with Crippen molar-refractivity contribution in [1.29, 1.82) is 0 Å². The van der Waals surface area contributed by atoms with E-state index in [0.29, 0.717) is 40.8 Å². The third kappa shape index (κ3) is 3.89. The molecule has 34 heavy (non-hydrogen) atoms. The molecule has 0 fully saturated rings. The molecule has 6 nitrogen and oxygen atoms in total. The van der Waals surface area contributed by atoms with Crippen LogP contribution in [0.3, 0.4) is 0 Å². The number of ether oxygens (including phenoxy) is 2. The van der Waals surface area contributed by atoms with Crippen molar-refractivity contribution in [1.82, 2.24) is 9.46 Å². The molecule has 9 heteroatoms. The minimum Gasteiger partial charge on any atom is -0.482 e. The number of rotatable bonds is 7. The first-order valence-corrected chi connectivity index (χ1v) is 11.0. The van der Waals surface area contributed by atoms with Crippen molar-refractivity contribution < 1.29 is 27.4 Å². The van der Waals surface area contributed by atoms with Gasteiger partial charge in [-0.05, 0) is 55.0 Å². The summed E-state index contributed by atoms with van der Waals surface area (Å²) in [5.74, 6) is 0.0843. The van der Waals surface area contributed by atoms with Gasteiger partial charge in [-0.3, -0.25) is 0 Å². The van der Waals surface area contributed by atoms with Crippen molar-refractivity contribution in [2.45, 2.75) is 6.92 Å². The van der Waals surface area contributed by atoms with Crippen molar-refractivity contribution in [2.75, 3.05) is 13.2 Å². The number of benzene rings is 1. The number of carbonyl (C=O) groups excluding carboxylic acids is 1. The topological polar surface area (TPSA) is 59.3 Å². The molecule has 0 unspecified atom stereocenters. The highest BCUT2D eigenvalue weighted by molar-refractivity contribution is 6.58. The average molecular weight is 461 g/mol. The molecule has 0 spiro atoms. The molecule has 1 N–H and O–H groups in total. The molecule has 0 saturated heterocycles. The molecule has 0 amide bonds. The minimum absolute atomic E-state index is 0.168. The van der Waals surface area contributed by atoms with E-state index in [1.165, 1.54) is 0 Å². The number of aromatic amines is 1. The summed E-state index contributed by atoms with van der Waals surface area (Å²) in [5, 5.41) is 0. The van der Waals surface area contributed by atoms with Crippen LogP contribution < -0.4 is 4.74 Å². The van der Waals surface area contributed by atoms with Gasteiger partial charge in [-0.25, -0.2) is 4.79 Å². The Morgan fingerprint density at radius 3 is 2.68 bits per heavy atom. The lowest BCUT2D eigenvalue weighted by atomic mass is 9.90. The molecule has 0 atom stereocenters. The van der Waals surface area contributed by atoms with Gasteiger partial charge in [-0.15, -0.1) is 0 Å². The SMILES string of the molecule is CCOC(=O)COc1ccc(/C=C/c2ccc3n2[B-](F)(F)[N+]2=C(c4ccc[nH]4)C=CC2=C3)cc1. The third-order valence-corrected chi connectivity index (χ3v) is 5.71. The van der Waals surface area contributed by atoms with E-state index in [-0.39, 0.29) is 6.61 Å². The van der Waals surface area contributed by atoms with Crippen LogP contribution in [0.4, 0.5) is 8.63 Å². The second kappa shape index (κ2) is 8.66. The van der Waals surface area contributed by atoms with Gasteiger partial charge in [0.05, 0.1) is 6.61 Å². The highest BCUT2D eigenvalue weighted by atomic mass is 19.2. The van der Waals surface area contributed by atoms with Gasteiger partial charge >= 0.3 is 12.9 Å². The number of hydrogen-bond donors (Lipinski definition) is 1. The summed E-state index contributed by atoms with van der Waals surface area (Å²) in [7, 11) is 0. The first-order chi connectivity index (χ1) is 16.5. The Hall–Kier alpha value is -4.14. The summed E-state index contributed by atoms with van der Waals surface area (Å²) in [6, 6.07) is 14.0. The number of halogens is 2. The van der Waals surface area contributed by atoms with Crippen molar-refractivity contribution in [3.05, 3.63) is 95.2 Å². The van der Waals surface area contributed by atoms with Gasteiger partial charge in [0.25, 0.3) is 0 Å². The summed E-state index contributed by atoms with van der Waals surface area (Å²) in [5.41, 5.74) is 3.21. The number of nitrogens with zero attached hydrogens (tertiary/aromatic N) is 2. The standard InChI is InChI=1S/C25H22BF2N3O3/c1-2-33-25(32)17-34-22-12-6-18(7-13-22)5-8-19-9-10-20-16-21-11-14-24(23-4-3-15-29-23)31(21)26(27,28)30(19)20/h3-16,29H,2,17H2,1H3/b8-5+. The lowest BCUT2D eigenvalue weighted by Gasteiger charge is -2.30. The number of fused-ring (bicyclic) bond motifs is 2. The molecular weight excluding hydrogens is 439 g/mol. The van der Waals surface area contributed by atoms with E-state index in [1.807, 2.05) is 0 Å². The number of aromatic nitrogens is 2.